The number of ether oxygens (including phenoxy) is 1. The highest BCUT2D eigenvalue weighted by molar-refractivity contribution is 7.89. The summed E-state index contributed by atoms with van der Waals surface area (Å²) in [7, 11) is 1.10. The maximum atomic E-state index is 12.0. The third kappa shape index (κ3) is 5.04. The van der Waals surface area contributed by atoms with Gasteiger partial charge in [-0.05, 0) is 48.4 Å². The zero-order valence-electron chi connectivity index (χ0n) is 14.5. The zero-order valence-corrected chi connectivity index (χ0v) is 15.3. The maximum Gasteiger partial charge on any atom is 0.242 e. The van der Waals surface area contributed by atoms with Gasteiger partial charge in [-0.3, -0.25) is 4.79 Å². The van der Waals surface area contributed by atoms with Crippen LogP contribution in [0.1, 0.15) is 12.0 Å². The molecule has 0 heterocycles. The van der Waals surface area contributed by atoms with Crippen LogP contribution >= 0.6 is 0 Å². The van der Waals surface area contributed by atoms with Crippen molar-refractivity contribution in [2.24, 2.45) is 0 Å². The summed E-state index contributed by atoms with van der Waals surface area (Å²) >= 11 is 0. The Morgan fingerprint density at radius 3 is 2.16 bits per heavy atom. The van der Waals surface area contributed by atoms with Gasteiger partial charge in [0.25, 0.3) is 0 Å². The van der Waals surface area contributed by atoms with Gasteiger partial charge in [0, 0.05) is 26.2 Å². The molecule has 0 radical (unpaired) electrons. The number of amides is 1. The van der Waals surface area contributed by atoms with Crippen LogP contribution in [0.4, 0.5) is 5.69 Å². The van der Waals surface area contributed by atoms with E-state index in [1.165, 1.54) is 26.2 Å². The van der Waals surface area contributed by atoms with Gasteiger partial charge in [-0.15, -0.1) is 0 Å². The maximum absolute atomic E-state index is 12.0. The highest BCUT2D eigenvalue weighted by Gasteiger charge is 2.16. The molecule has 1 N–H and O–H groups in total. The summed E-state index contributed by atoms with van der Waals surface area (Å²) in [4.78, 5) is 12.2. The summed E-state index contributed by atoms with van der Waals surface area (Å²) in [5.41, 5.74) is 1.61. The Morgan fingerprint density at radius 1 is 1.04 bits per heavy atom. The van der Waals surface area contributed by atoms with Crippen LogP contribution in [0.15, 0.2) is 53.4 Å². The van der Waals surface area contributed by atoms with Crippen molar-refractivity contribution in [3.8, 4) is 5.75 Å². The van der Waals surface area contributed by atoms with Crippen molar-refractivity contribution < 1.29 is 17.9 Å². The molecule has 2 aromatic rings. The third-order valence-electron chi connectivity index (χ3n) is 3.72. The van der Waals surface area contributed by atoms with Crippen LogP contribution in [-0.2, 0) is 21.2 Å². The van der Waals surface area contributed by atoms with Crippen molar-refractivity contribution in [3.05, 3.63) is 54.1 Å². The lowest BCUT2D eigenvalue weighted by molar-refractivity contribution is -0.116. The first kappa shape index (κ1) is 19.0. The summed E-state index contributed by atoms with van der Waals surface area (Å²) in [6.07, 6.45) is 0.951. The molecule has 0 aromatic heterocycles. The van der Waals surface area contributed by atoms with Crippen LogP contribution in [0.3, 0.4) is 0 Å². The Bertz CT molecular complexity index is 813. The number of hydrogen-bond donors (Lipinski definition) is 1. The highest BCUT2D eigenvalue weighted by Crippen LogP contribution is 2.17. The molecule has 0 unspecified atom stereocenters. The number of aryl methyl sites for hydroxylation is 1. The fourth-order valence-corrected chi connectivity index (χ4v) is 3.10. The lowest BCUT2D eigenvalue weighted by Gasteiger charge is -2.12. The molecule has 134 valence electrons. The molecule has 0 atom stereocenters. The molecular weight excluding hydrogens is 340 g/mol. The average molecular weight is 362 g/mol. The van der Waals surface area contributed by atoms with Crippen molar-refractivity contribution in [3.63, 3.8) is 0 Å². The van der Waals surface area contributed by atoms with Crippen LogP contribution < -0.4 is 10.1 Å². The summed E-state index contributed by atoms with van der Waals surface area (Å²) in [5, 5.41) is 2.77. The molecule has 2 rings (SSSR count). The van der Waals surface area contributed by atoms with E-state index in [4.69, 9.17) is 4.74 Å². The molecule has 2 aromatic carbocycles. The first-order chi connectivity index (χ1) is 11.8. The standard InChI is InChI=1S/C18H22N2O4S/c1-20(2)25(22,23)17-11-7-15(8-12-17)19-18(21)13-6-14-4-9-16(24-3)10-5-14/h4-5,7-12H,6,13H2,1-3H3,(H,19,21). The van der Waals surface area contributed by atoms with Gasteiger partial charge < -0.3 is 10.1 Å². The number of methoxy groups -OCH3 is 1. The van der Waals surface area contributed by atoms with Crippen molar-refractivity contribution in [2.45, 2.75) is 17.7 Å². The SMILES string of the molecule is COc1ccc(CCC(=O)Nc2ccc(S(=O)(=O)N(C)C)cc2)cc1. The molecular formula is C18H22N2O4S. The minimum atomic E-state index is -3.46. The minimum Gasteiger partial charge on any atom is -0.497 e. The monoisotopic (exact) mass is 362 g/mol. The van der Waals surface area contributed by atoms with Gasteiger partial charge in [-0.25, -0.2) is 12.7 Å². The van der Waals surface area contributed by atoms with Gasteiger partial charge in [0.1, 0.15) is 5.75 Å². The minimum absolute atomic E-state index is 0.126. The van der Waals surface area contributed by atoms with Crippen molar-refractivity contribution in [2.75, 3.05) is 26.5 Å². The second-order valence-corrected chi connectivity index (χ2v) is 7.86. The van der Waals surface area contributed by atoms with Gasteiger partial charge in [-0.2, -0.15) is 0 Å². The number of anilines is 1. The molecule has 0 aliphatic rings. The lowest BCUT2D eigenvalue weighted by Crippen LogP contribution is -2.22. The first-order valence-electron chi connectivity index (χ1n) is 7.78. The van der Waals surface area contributed by atoms with Crippen molar-refractivity contribution in [1.82, 2.24) is 4.31 Å². The Hall–Kier alpha value is -2.38. The molecule has 6 nitrogen and oxygen atoms in total. The molecule has 7 heteroatoms. The van der Waals surface area contributed by atoms with E-state index in [0.29, 0.717) is 18.5 Å². The molecule has 0 spiro atoms. The van der Waals surface area contributed by atoms with E-state index in [2.05, 4.69) is 5.32 Å². The third-order valence-corrected chi connectivity index (χ3v) is 5.55. The van der Waals surface area contributed by atoms with Crippen molar-refractivity contribution >= 4 is 21.6 Å². The van der Waals surface area contributed by atoms with Crippen LogP contribution in [0.2, 0.25) is 0 Å². The summed E-state index contributed by atoms with van der Waals surface area (Å²) in [6, 6.07) is 13.7. The van der Waals surface area contributed by atoms with Gasteiger partial charge in [0.05, 0.1) is 12.0 Å². The number of benzene rings is 2. The van der Waals surface area contributed by atoms with Gasteiger partial charge in [0.15, 0.2) is 0 Å². The topological polar surface area (TPSA) is 75.7 Å². The largest absolute Gasteiger partial charge is 0.497 e. The van der Waals surface area contributed by atoms with Gasteiger partial charge in [0.2, 0.25) is 15.9 Å². The number of rotatable bonds is 7. The van der Waals surface area contributed by atoms with E-state index in [-0.39, 0.29) is 10.8 Å². The van der Waals surface area contributed by atoms with E-state index in [1.54, 1.807) is 19.2 Å². The second kappa shape index (κ2) is 8.13. The highest BCUT2D eigenvalue weighted by atomic mass is 32.2. The van der Waals surface area contributed by atoms with Crippen LogP contribution in [-0.4, -0.2) is 39.8 Å². The van der Waals surface area contributed by atoms with E-state index >= 15 is 0 Å². The fraction of sp³-hybridized carbons (Fsp3) is 0.278. The number of nitrogens with zero attached hydrogens (tertiary/aromatic N) is 1. The van der Waals surface area contributed by atoms with E-state index in [9.17, 15) is 13.2 Å². The number of sulfonamides is 1. The van der Waals surface area contributed by atoms with Crippen molar-refractivity contribution in [1.29, 1.82) is 0 Å². The smallest absolute Gasteiger partial charge is 0.242 e. The predicted molar refractivity (Wildman–Crippen MR) is 97.3 cm³/mol. The fourth-order valence-electron chi connectivity index (χ4n) is 2.19. The second-order valence-electron chi connectivity index (χ2n) is 5.71. The van der Waals surface area contributed by atoms with E-state index < -0.39 is 10.0 Å². The molecule has 0 bridgehead atoms. The number of carbonyl (C=O) groups is 1. The molecule has 25 heavy (non-hydrogen) atoms. The Kier molecular flexibility index (Phi) is 6.17. The van der Waals surface area contributed by atoms with Crippen LogP contribution in [0, 0.1) is 0 Å². The molecule has 1 amide bonds. The lowest BCUT2D eigenvalue weighted by atomic mass is 10.1. The summed E-state index contributed by atoms with van der Waals surface area (Å²) in [5.74, 6) is 0.653. The first-order valence-corrected chi connectivity index (χ1v) is 9.22. The molecule has 0 fully saturated rings. The zero-order chi connectivity index (χ0) is 18.4. The summed E-state index contributed by atoms with van der Waals surface area (Å²) < 4.78 is 30.2. The number of hydrogen-bond acceptors (Lipinski definition) is 4. The Morgan fingerprint density at radius 2 is 1.64 bits per heavy atom. The van der Waals surface area contributed by atoms with E-state index in [1.807, 2.05) is 24.3 Å². The molecule has 0 saturated heterocycles. The molecule has 0 saturated carbocycles. The van der Waals surface area contributed by atoms with E-state index in [0.717, 1.165) is 15.6 Å². The quantitative estimate of drug-likeness (QED) is 0.821. The number of carbonyl (C=O) groups excluding carboxylic acids is 1. The average Bonchev–Trinajstić information content (AvgIpc) is 2.60. The number of nitrogens with one attached hydrogen (secondary N) is 1. The van der Waals surface area contributed by atoms with Crippen LogP contribution in [0.5, 0.6) is 5.75 Å². The van der Waals surface area contributed by atoms with Crippen LogP contribution in [0.25, 0.3) is 0 Å². The molecule has 0 aliphatic carbocycles. The van der Waals surface area contributed by atoms with Gasteiger partial charge >= 0.3 is 0 Å². The van der Waals surface area contributed by atoms with Gasteiger partial charge in [-0.1, -0.05) is 12.1 Å². The summed E-state index contributed by atoms with van der Waals surface area (Å²) in [6.45, 7) is 0. The Balaban J connectivity index is 1.92. The molecule has 0 aliphatic heterocycles. The Labute approximate surface area is 148 Å². The predicted octanol–water partition coefficient (Wildman–Crippen LogP) is 2.52. The normalized spacial score (nSPS) is 11.4.